The van der Waals surface area contributed by atoms with Crippen LogP contribution in [0.2, 0.25) is 0 Å². The minimum Gasteiger partial charge on any atom is -0.347 e. The van der Waals surface area contributed by atoms with Crippen LogP contribution in [0, 0.1) is 6.92 Å². The van der Waals surface area contributed by atoms with Crippen LogP contribution in [0.3, 0.4) is 0 Å². The first kappa shape index (κ1) is 15.5. The number of carbonyl (C=O) groups excluding carboxylic acids is 2. The number of rotatable bonds is 5. The van der Waals surface area contributed by atoms with Crippen molar-refractivity contribution < 1.29 is 9.59 Å². The first-order valence-corrected chi connectivity index (χ1v) is 7.40. The Bertz CT molecular complexity index is 499. The second-order valence-corrected chi connectivity index (χ2v) is 5.65. The van der Waals surface area contributed by atoms with Gasteiger partial charge in [-0.1, -0.05) is 29.8 Å². The average Bonchev–Trinajstić information content (AvgIpc) is 2.91. The van der Waals surface area contributed by atoms with E-state index in [1.165, 1.54) is 5.56 Å². The van der Waals surface area contributed by atoms with Crippen LogP contribution in [0.25, 0.3) is 0 Å². The molecule has 0 radical (unpaired) electrons. The van der Waals surface area contributed by atoms with Gasteiger partial charge in [0.1, 0.15) is 0 Å². The number of hydrogen-bond acceptors (Lipinski definition) is 3. The summed E-state index contributed by atoms with van der Waals surface area (Å²) in [6.07, 6.45) is 1.93. The van der Waals surface area contributed by atoms with E-state index in [2.05, 4.69) is 5.32 Å². The summed E-state index contributed by atoms with van der Waals surface area (Å²) in [7, 11) is 0. The highest BCUT2D eigenvalue weighted by atomic mass is 16.2. The Kier molecular flexibility index (Phi) is 5.33. The molecule has 3 N–H and O–H groups in total. The third-order valence-corrected chi connectivity index (χ3v) is 3.78. The third-order valence-electron chi connectivity index (χ3n) is 3.78. The normalized spacial score (nSPS) is 17.8. The maximum atomic E-state index is 11.9. The Morgan fingerprint density at radius 2 is 2.05 bits per heavy atom. The summed E-state index contributed by atoms with van der Waals surface area (Å²) in [5.41, 5.74) is 8.10. The summed E-state index contributed by atoms with van der Waals surface area (Å²) in [5, 5.41) is 2.68. The largest absolute Gasteiger partial charge is 0.347 e. The van der Waals surface area contributed by atoms with Gasteiger partial charge in [-0.15, -0.1) is 0 Å². The summed E-state index contributed by atoms with van der Waals surface area (Å²) < 4.78 is 0. The fourth-order valence-corrected chi connectivity index (χ4v) is 2.40. The lowest BCUT2D eigenvalue weighted by Gasteiger charge is -2.16. The molecule has 2 amide bonds. The predicted molar refractivity (Wildman–Crippen MR) is 81.7 cm³/mol. The van der Waals surface area contributed by atoms with Gasteiger partial charge in [-0.3, -0.25) is 9.59 Å². The van der Waals surface area contributed by atoms with E-state index in [1.54, 1.807) is 4.90 Å². The monoisotopic (exact) mass is 289 g/mol. The zero-order chi connectivity index (χ0) is 15.2. The van der Waals surface area contributed by atoms with Gasteiger partial charge in [0.15, 0.2) is 0 Å². The van der Waals surface area contributed by atoms with Crippen LogP contribution >= 0.6 is 0 Å². The van der Waals surface area contributed by atoms with E-state index in [0.717, 1.165) is 12.0 Å². The Morgan fingerprint density at radius 1 is 1.33 bits per heavy atom. The highest BCUT2D eigenvalue weighted by Crippen LogP contribution is 2.07. The second-order valence-electron chi connectivity index (χ2n) is 5.65. The molecule has 0 bridgehead atoms. The lowest BCUT2D eigenvalue weighted by molar-refractivity contribution is -0.132. The van der Waals surface area contributed by atoms with E-state index in [4.69, 9.17) is 5.73 Å². The number of nitrogens with zero attached hydrogens (tertiary/aromatic N) is 1. The van der Waals surface area contributed by atoms with E-state index in [-0.39, 0.29) is 24.4 Å². The summed E-state index contributed by atoms with van der Waals surface area (Å²) >= 11 is 0. The molecule has 0 saturated carbocycles. The molecule has 1 atom stereocenters. The van der Waals surface area contributed by atoms with Gasteiger partial charge in [0.05, 0.1) is 6.54 Å². The lowest BCUT2D eigenvalue weighted by Crippen LogP contribution is -2.40. The van der Waals surface area contributed by atoms with Crippen LogP contribution in [-0.2, 0) is 16.0 Å². The molecule has 1 aliphatic rings. The van der Waals surface area contributed by atoms with Crippen molar-refractivity contribution in [3.05, 3.63) is 35.4 Å². The van der Waals surface area contributed by atoms with Crippen molar-refractivity contribution in [2.75, 3.05) is 19.6 Å². The first-order valence-electron chi connectivity index (χ1n) is 7.40. The number of hydrogen-bond donors (Lipinski definition) is 2. The molecule has 0 aromatic heterocycles. The molecule has 0 spiro atoms. The van der Waals surface area contributed by atoms with E-state index in [9.17, 15) is 9.59 Å². The highest BCUT2D eigenvalue weighted by Gasteiger charge is 2.23. The van der Waals surface area contributed by atoms with Crippen molar-refractivity contribution in [3.63, 3.8) is 0 Å². The van der Waals surface area contributed by atoms with Gasteiger partial charge in [0.25, 0.3) is 0 Å². The Labute approximate surface area is 125 Å². The zero-order valence-electron chi connectivity index (χ0n) is 12.5. The molecule has 21 heavy (non-hydrogen) atoms. The summed E-state index contributed by atoms with van der Waals surface area (Å²) in [6, 6.07) is 8.20. The zero-order valence-corrected chi connectivity index (χ0v) is 12.5. The van der Waals surface area contributed by atoms with Crippen LogP contribution in [0.1, 0.15) is 24.0 Å². The Balaban J connectivity index is 1.67. The fraction of sp³-hybridized carbons (Fsp3) is 0.500. The van der Waals surface area contributed by atoms with E-state index >= 15 is 0 Å². The van der Waals surface area contributed by atoms with E-state index < -0.39 is 0 Å². The standard InChI is InChI=1S/C16H23N3O2/c1-12-2-4-13(5-3-12)6-7-15(20)18-10-16(21)19-9-8-14(17)11-19/h2-5,14H,6-11,17H2,1H3,(H,18,20)/t14-/m1/s1. The SMILES string of the molecule is Cc1ccc(CCC(=O)NCC(=O)N2CC[C@@H](N)C2)cc1. The van der Waals surface area contributed by atoms with E-state index in [1.807, 2.05) is 31.2 Å². The van der Waals surface area contributed by atoms with Crippen molar-refractivity contribution in [1.29, 1.82) is 0 Å². The molecule has 5 heteroatoms. The van der Waals surface area contributed by atoms with Crippen molar-refractivity contribution in [3.8, 4) is 0 Å². The van der Waals surface area contributed by atoms with Crippen molar-refractivity contribution in [1.82, 2.24) is 10.2 Å². The molecule has 1 fully saturated rings. The lowest BCUT2D eigenvalue weighted by atomic mass is 10.1. The first-order chi connectivity index (χ1) is 10.0. The molecule has 0 unspecified atom stereocenters. The Hall–Kier alpha value is -1.88. The number of carbonyl (C=O) groups is 2. The van der Waals surface area contributed by atoms with Crippen molar-refractivity contribution >= 4 is 11.8 Å². The van der Waals surface area contributed by atoms with Crippen LogP contribution < -0.4 is 11.1 Å². The molecule has 1 saturated heterocycles. The molecule has 1 aromatic rings. The van der Waals surface area contributed by atoms with E-state index in [0.29, 0.717) is 25.9 Å². The summed E-state index contributed by atoms with van der Waals surface area (Å²) in [4.78, 5) is 25.3. The minimum atomic E-state index is -0.0904. The van der Waals surface area contributed by atoms with Crippen molar-refractivity contribution in [2.24, 2.45) is 5.73 Å². The number of nitrogens with one attached hydrogen (secondary N) is 1. The van der Waals surface area contributed by atoms with Crippen LogP contribution in [-0.4, -0.2) is 42.4 Å². The quantitative estimate of drug-likeness (QED) is 0.833. The van der Waals surface area contributed by atoms with Gasteiger partial charge in [-0.2, -0.15) is 0 Å². The van der Waals surface area contributed by atoms with Gasteiger partial charge in [-0.25, -0.2) is 0 Å². The minimum absolute atomic E-state index is 0.0494. The van der Waals surface area contributed by atoms with Gasteiger partial charge in [0, 0.05) is 25.6 Å². The molecule has 1 aromatic carbocycles. The maximum Gasteiger partial charge on any atom is 0.242 e. The van der Waals surface area contributed by atoms with Gasteiger partial charge in [-0.05, 0) is 25.3 Å². The van der Waals surface area contributed by atoms with Gasteiger partial charge >= 0.3 is 0 Å². The average molecular weight is 289 g/mol. The van der Waals surface area contributed by atoms with Crippen LogP contribution in [0.4, 0.5) is 0 Å². The summed E-state index contributed by atoms with van der Waals surface area (Å²) in [5.74, 6) is -0.140. The van der Waals surface area contributed by atoms with Gasteiger partial charge < -0.3 is 16.0 Å². The molecule has 0 aliphatic carbocycles. The topological polar surface area (TPSA) is 75.4 Å². The van der Waals surface area contributed by atoms with Crippen molar-refractivity contribution in [2.45, 2.75) is 32.2 Å². The fourth-order valence-electron chi connectivity index (χ4n) is 2.40. The smallest absolute Gasteiger partial charge is 0.242 e. The predicted octanol–water partition coefficient (Wildman–Crippen LogP) is 0.603. The highest BCUT2D eigenvalue weighted by molar-refractivity contribution is 5.85. The maximum absolute atomic E-state index is 11.9. The molecule has 1 heterocycles. The number of benzene rings is 1. The van der Waals surface area contributed by atoms with Crippen LogP contribution in [0.5, 0.6) is 0 Å². The van der Waals surface area contributed by atoms with Gasteiger partial charge in [0.2, 0.25) is 11.8 Å². The Morgan fingerprint density at radius 3 is 2.67 bits per heavy atom. The molecule has 1 aliphatic heterocycles. The molecule has 5 nitrogen and oxygen atoms in total. The summed E-state index contributed by atoms with van der Waals surface area (Å²) in [6.45, 7) is 3.39. The molecule has 2 rings (SSSR count). The number of nitrogens with two attached hydrogens (primary N) is 1. The third kappa shape index (κ3) is 4.86. The number of aryl methyl sites for hydroxylation is 2. The number of likely N-dealkylation sites (tertiary alicyclic amines) is 1. The number of amides is 2. The second kappa shape index (κ2) is 7.22. The molecular formula is C16H23N3O2. The molecular weight excluding hydrogens is 266 g/mol. The van der Waals surface area contributed by atoms with Crippen LogP contribution in [0.15, 0.2) is 24.3 Å². The molecule has 114 valence electrons.